The van der Waals surface area contributed by atoms with Crippen molar-refractivity contribution in [3.8, 4) is 0 Å². The zero-order valence-corrected chi connectivity index (χ0v) is 20.3. The predicted octanol–water partition coefficient (Wildman–Crippen LogP) is 4.10. The van der Waals surface area contributed by atoms with Crippen LogP contribution in [0.25, 0.3) is 11.0 Å². The molecule has 168 valence electrons. The van der Waals surface area contributed by atoms with Crippen molar-refractivity contribution in [2.45, 2.75) is 72.0 Å². The van der Waals surface area contributed by atoms with Gasteiger partial charge < -0.3 is 4.90 Å². The Kier molecular flexibility index (Phi) is 4.73. The number of aromatic nitrogens is 3. The molecule has 6 nitrogen and oxygen atoms in total. The molecule has 0 spiro atoms. The molecule has 1 saturated heterocycles. The average molecular weight is 444 g/mol. The minimum absolute atomic E-state index is 0.243. The number of aryl methyl sites for hydroxylation is 1. The van der Waals surface area contributed by atoms with Crippen molar-refractivity contribution in [3.05, 3.63) is 27.8 Å². The van der Waals surface area contributed by atoms with Gasteiger partial charge in [-0.05, 0) is 62.0 Å². The molecule has 7 heteroatoms. The van der Waals surface area contributed by atoms with E-state index in [9.17, 15) is 4.79 Å². The van der Waals surface area contributed by atoms with Crippen LogP contribution in [0, 0.1) is 16.7 Å². The third-order valence-electron chi connectivity index (χ3n) is 9.03. The summed E-state index contributed by atoms with van der Waals surface area (Å²) < 4.78 is 1.55. The Hall–Kier alpha value is -1.66. The van der Waals surface area contributed by atoms with Gasteiger partial charge in [-0.1, -0.05) is 32.4 Å². The van der Waals surface area contributed by atoms with Crippen LogP contribution in [-0.4, -0.2) is 50.7 Å². The first kappa shape index (κ1) is 21.2. The largest absolute Gasteiger partial charge is 0.349 e. The van der Waals surface area contributed by atoms with Gasteiger partial charge in [0.25, 0.3) is 0 Å². The maximum Gasteiger partial charge on any atom is 0.349 e. The number of piperazine rings is 1. The number of pyridine rings is 1. The first-order valence-electron chi connectivity index (χ1n) is 11.7. The van der Waals surface area contributed by atoms with E-state index in [1.807, 2.05) is 6.07 Å². The molecule has 3 saturated carbocycles. The SMILES string of the molecule is CCC(N1C[C@H](C)N(c2nc(=O)n(C)c3ccc(Cl)nc23)C[C@H]1C)C12CC(C)(C1)[C@H]2C. The molecule has 3 heterocycles. The second kappa shape index (κ2) is 6.92. The van der Waals surface area contributed by atoms with Gasteiger partial charge in [-0.25, -0.2) is 9.78 Å². The van der Waals surface area contributed by atoms with E-state index >= 15 is 0 Å². The lowest BCUT2D eigenvalue weighted by Crippen LogP contribution is -2.76. The number of anilines is 1. The normalized spacial score (nSPS) is 36.2. The molecule has 2 bridgehead atoms. The van der Waals surface area contributed by atoms with Crippen molar-refractivity contribution in [2.75, 3.05) is 18.0 Å². The molecule has 3 aliphatic carbocycles. The van der Waals surface area contributed by atoms with Gasteiger partial charge >= 0.3 is 5.69 Å². The summed E-state index contributed by atoms with van der Waals surface area (Å²) in [6.45, 7) is 13.7. The zero-order valence-electron chi connectivity index (χ0n) is 19.5. The minimum Gasteiger partial charge on any atom is -0.349 e. The number of hydrogen-bond acceptors (Lipinski definition) is 5. The van der Waals surface area contributed by atoms with Gasteiger partial charge in [0.1, 0.15) is 10.7 Å². The fraction of sp³-hybridized carbons (Fsp3) is 0.708. The lowest BCUT2D eigenvalue weighted by Gasteiger charge is -2.79. The molecule has 31 heavy (non-hydrogen) atoms. The van der Waals surface area contributed by atoms with Crippen LogP contribution < -0.4 is 10.6 Å². The van der Waals surface area contributed by atoms with Crippen LogP contribution in [-0.2, 0) is 7.05 Å². The van der Waals surface area contributed by atoms with E-state index < -0.39 is 0 Å². The van der Waals surface area contributed by atoms with Gasteiger partial charge in [0, 0.05) is 38.3 Å². The van der Waals surface area contributed by atoms with Crippen LogP contribution in [0.3, 0.4) is 0 Å². The second-order valence-corrected chi connectivity index (χ2v) is 11.1. The van der Waals surface area contributed by atoms with E-state index in [-0.39, 0.29) is 11.7 Å². The van der Waals surface area contributed by atoms with Crippen LogP contribution in [0.15, 0.2) is 16.9 Å². The molecule has 2 aromatic rings. The molecule has 1 unspecified atom stereocenters. The summed E-state index contributed by atoms with van der Waals surface area (Å²) in [5, 5.41) is 0.422. The van der Waals surface area contributed by atoms with E-state index in [1.54, 1.807) is 17.7 Å². The number of halogens is 1. The molecule has 1 aliphatic heterocycles. The topological polar surface area (TPSA) is 54.3 Å². The molecular formula is C24H34ClN5O. The third-order valence-corrected chi connectivity index (χ3v) is 9.24. The maximum atomic E-state index is 12.6. The molecule has 4 aliphatic rings. The van der Waals surface area contributed by atoms with Crippen LogP contribution in [0.4, 0.5) is 5.82 Å². The van der Waals surface area contributed by atoms with E-state index in [1.165, 1.54) is 19.3 Å². The Morgan fingerprint density at radius 3 is 2.48 bits per heavy atom. The van der Waals surface area contributed by atoms with Crippen LogP contribution >= 0.6 is 11.6 Å². The monoisotopic (exact) mass is 443 g/mol. The first-order valence-corrected chi connectivity index (χ1v) is 12.0. The van der Waals surface area contributed by atoms with Crippen molar-refractivity contribution in [1.29, 1.82) is 0 Å². The van der Waals surface area contributed by atoms with E-state index in [0.29, 0.717) is 39.4 Å². The number of rotatable bonds is 4. The Morgan fingerprint density at radius 1 is 1.16 bits per heavy atom. The first-order chi connectivity index (χ1) is 14.6. The zero-order chi connectivity index (χ0) is 22.3. The summed E-state index contributed by atoms with van der Waals surface area (Å²) in [6, 6.07) is 4.85. The molecule has 2 aromatic heterocycles. The fourth-order valence-electron chi connectivity index (χ4n) is 7.26. The summed E-state index contributed by atoms with van der Waals surface area (Å²) in [6.07, 6.45) is 3.95. The third kappa shape index (κ3) is 2.83. The highest BCUT2D eigenvalue weighted by Crippen LogP contribution is 2.79. The van der Waals surface area contributed by atoms with Gasteiger partial charge in [-0.3, -0.25) is 9.47 Å². The van der Waals surface area contributed by atoms with Crippen LogP contribution in [0.1, 0.15) is 53.9 Å². The number of fused-ring (bicyclic) bond motifs is 1. The Balaban J connectivity index is 1.47. The highest BCUT2D eigenvalue weighted by molar-refractivity contribution is 6.29. The highest BCUT2D eigenvalue weighted by Gasteiger charge is 2.73. The van der Waals surface area contributed by atoms with Crippen LogP contribution in [0.5, 0.6) is 0 Å². The van der Waals surface area contributed by atoms with Crippen molar-refractivity contribution >= 4 is 28.5 Å². The van der Waals surface area contributed by atoms with Gasteiger partial charge in [0.05, 0.1) is 5.52 Å². The van der Waals surface area contributed by atoms with Crippen molar-refractivity contribution < 1.29 is 0 Å². The standard InChI is InChI=1S/C24H34ClN5O/c1-7-18(24-12-23(5,13-24)16(24)4)29-10-15(3)30(11-14(29)2)21-20-17(8-9-19(25)26-20)28(6)22(31)27-21/h8-9,14-16,18H,7,10-13H2,1-6H3/t14-,15+,16-,18?,23?,24?/m1/s1. The Bertz CT molecular complexity index is 1090. The Labute approximate surface area is 189 Å². The molecule has 0 aromatic carbocycles. The summed E-state index contributed by atoms with van der Waals surface area (Å²) in [5.41, 5.74) is 2.31. The summed E-state index contributed by atoms with van der Waals surface area (Å²) >= 11 is 6.22. The summed E-state index contributed by atoms with van der Waals surface area (Å²) in [5.74, 6) is 1.48. The van der Waals surface area contributed by atoms with Crippen molar-refractivity contribution in [2.24, 2.45) is 23.8 Å². The molecule has 0 N–H and O–H groups in total. The molecule has 0 radical (unpaired) electrons. The van der Waals surface area contributed by atoms with E-state index in [2.05, 4.69) is 54.4 Å². The van der Waals surface area contributed by atoms with Crippen molar-refractivity contribution in [1.82, 2.24) is 19.4 Å². The fourth-order valence-corrected chi connectivity index (χ4v) is 7.41. The van der Waals surface area contributed by atoms with Gasteiger partial charge in [0.15, 0.2) is 5.82 Å². The van der Waals surface area contributed by atoms with Gasteiger partial charge in [-0.2, -0.15) is 4.98 Å². The number of hydrogen-bond donors (Lipinski definition) is 0. The second-order valence-electron chi connectivity index (χ2n) is 10.7. The predicted molar refractivity (Wildman–Crippen MR) is 126 cm³/mol. The lowest BCUT2D eigenvalue weighted by molar-refractivity contribution is -0.293. The van der Waals surface area contributed by atoms with Gasteiger partial charge in [-0.15, -0.1) is 0 Å². The molecule has 4 fully saturated rings. The maximum absolute atomic E-state index is 12.6. The minimum atomic E-state index is -0.253. The summed E-state index contributed by atoms with van der Waals surface area (Å²) in [4.78, 5) is 26.6. The average Bonchev–Trinajstić information content (AvgIpc) is 2.72. The van der Waals surface area contributed by atoms with Crippen molar-refractivity contribution in [3.63, 3.8) is 0 Å². The van der Waals surface area contributed by atoms with E-state index in [4.69, 9.17) is 11.6 Å². The highest BCUT2D eigenvalue weighted by atomic mass is 35.5. The lowest BCUT2D eigenvalue weighted by atomic mass is 9.28. The van der Waals surface area contributed by atoms with Crippen LogP contribution in [0.2, 0.25) is 5.15 Å². The van der Waals surface area contributed by atoms with Gasteiger partial charge in [0.2, 0.25) is 0 Å². The van der Waals surface area contributed by atoms with E-state index in [0.717, 1.165) is 24.5 Å². The smallest absolute Gasteiger partial charge is 0.349 e. The molecule has 0 amide bonds. The number of nitrogens with zero attached hydrogens (tertiary/aromatic N) is 5. The molecule has 4 atom stereocenters. The Morgan fingerprint density at radius 2 is 1.87 bits per heavy atom. The summed E-state index contributed by atoms with van der Waals surface area (Å²) in [7, 11) is 1.73. The quantitative estimate of drug-likeness (QED) is 0.666. The molecular weight excluding hydrogens is 410 g/mol. The molecule has 6 rings (SSSR count).